The molecule has 1 heterocycles. The molecule has 0 atom stereocenters. The van der Waals surface area contributed by atoms with Crippen LogP contribution in [0.5, 0.6) is 5.75 Å². The van der Waals surface area contributed by atoms with Crippen LogP contribution in [-0.2, 0) is 16.1 Å². The molecule has 28 heavy (non-hydrogen) atoms. The van der Waals surface area contributed by atoms with Crippen molar-refractivity contribution in [1.29, 1.82) is 0 Å². The van der Waals surface area contributed by atoms with Crippen molar-refractivity contribution in [2.24, 2.45) is 0 Å². The number of para-hydroxylation sites is 2. The number of nitrogens with zero attached hydrogens (tertiary/aromatic N) is 2. The molecule has 0 aliphatic heterocycles. The number of halogens is 1. The Morgan fingerprint density at radius 2 is 1.96 bits per heavy atom. The van der Waals surface area contributed by atoms with Crippen LogP contribution in [0.4, 0.5) is 15.2 Å². The Bertz CT molecular complexity index is 1010. The number of esters is 1. The van der Waals surface area contributed by atoms with E-state index in [1.165, 1.54) is 48.5 Å². The average molecular weight is 400 g/mol. The lowest BCUT2D eigenvalue weighted by Crippen LogP contribution is -2.23. The van der Waals surface area contributed by atoms with Crippen molar-refractivity contribution in [2.45, 2.75) is 13.5 Å². The van der Waals surface area contributed by atoms with Gasteiger partial charge in [-0.25, -0.2) is 14.2 Å². The van der Waals surface area contributed by atoms with Crippen LogP contribution in [0, 0.1) is 5.82 Å². The first-order chi connectivity index (χ1) is 13.5. The van der Waals surface area contributed by atoms with E-state index >= 15 is 0 Å². The molecule has 3 aromatic rings. The van der Waals surface area contributed by atoms with Crippen molar-refractivity contribution < 1.29 is 23.5 Å². The third-order valence-electron chi connectivity index (χ3n) is 3.78. The molecule has 3 rings (SSSR count). The quantitative estimate of drug-likeness (QED) is 0.576. The van der Waals surface area contributed by atoms with Crippen molar-refractivity contribution in [1.82, 2.24) is 4.98 Å². The maximum Gasteiger partial charge on any atom is 0.338 e. The molecule has 0 saturated heterocycles. The molecule has 1 amide bonds. The van der Waals surface area contributed by atoms with Crippen LogP contribution in [0.15, 0.2) is 53.9 Å². The second-order valence-corrected chi connectivity index (χ2v) is 6.57. The van der Waals surface area contributed by atoms with E-state index in [1.807, 2.05) is 0 Å². The van der Waals surface area contributed by atoms with Crippen molar-refractivity contribution in [3.63, 3.8) is 0 Å². The van der Waals surface area contributed by atoms with Crippen LogP contribution in [-0.4, -0.2) is 24.0 Å². The van der Waals surface area contributed by atoms with Gasteiger partial charge >= 0.3 is 5.97 Å². The van der Waals surface area contributed by atoms with Crippen molar-refractivity contribution >= 4 is 34.0 Å². The number of carbonyl (C=O) groups excluding carboxylic acids is 2. The molecule has 0 saturated carbocycles. The van der Waals surface area contributed by atoms with Crippen LogP contribution in [0.1, 0.15) is 23.0 Å². The zero-order chi connectivity index (χ0) is 20.1. The molecule has 0 fully saturated rings. The number of rotatable bonds is 6. The monoisotopic (exact) mass is 400 g/mol. The predicted octanol–water partition coefficient (Wildman–Crippen LogP) is 4.33. The maximum atomic E-state index is 13.2. The first-order valence-corrected chi connectivity index (χ1v) is 9.18. The van der Waals surface area contributed by atoms with Gasteiger partial charge in [0.25, 0.3) is 0 Å². The third-order valence-corrected chi connectivity index (χ3v) is 4.66. The van der Waals surface area contributed by atoms with Crippen LogP contribution in [0.3, 0.4) is 0 Å². The number of carbonyl (C=O) groups is 2. The molecule has 0 N–H and O–H groups in total. The molecule has 0 unspecified atom stereocenters. The second kappa shape index (κ2) is 8.62. The lowest BCUT2D eigenvalue weighted by molar-refractivity contribution is -0.115. The number of benzene rings is 2. The van der Waals surface area contributed by atoms with E-state index in [4.69, 9.17) is 9.47 Å². The largest absolute Gasteiger partial charge is 0.495 e. The Morgan fingerprint density at radius 1 is 1.18 bits per heavy atom. The van der Waals surface area contributed by atoms with Gasteiger partial charge in [0, 0.05) is 12.3 Å². The van der Waals surface area contributed by atoms with Gasteiger partial charge in [0.2, 0.25) is 5.91 Å². The lowest BCUT2D eigenvalue weighted by atomic mass is 10.2. The number of hydrogen-bond donors (Lipinski definition) is 0. The van der Waals surface area contributed by atoms with Gasteiger partial charge in [-0.3, -0.25) is 9.69 Å². The predicted molar refractivity (Wildman–Crippen MR) is 103 cm³/mol. The zero-order valence-electron chi connectivity index (χ0n) is 15.2. The number of ether oxygens (including phenoxy) is 2. The van der Waals surface area contributed by atoms with E-state index in [1.54, 1.807) is 29.6 Å². The fraction of sp³-hybridized carbons (Fsp3) is 0.150. The minimum Gasteiger partial charge on any atom is -0.495 e. The Morgan fingerprint density at radius 3 is 2.68 bits per heavy atom. The Balaban J connectivity index is 1.76. The zero-order valence-corrected chi connectivity index (χ0v) is 16.0. The molecule has 0 bridgehead atoms. The first-order valence-electron chi connectivity index (χ1n) is 8.30. The summed E-state index contributed by atoms with van der Waals surface area (Å²) in [6.45, 7) is 1.33. The summed E-state index contributed by atoms with van der Waals surface area (Å²) < 4.78 is 23.7. The maximum absolute atomic E-state index is 13.2. The highest BCUT2D eigenvalue weighted by Crippen LogP contribution is 2.35. The molecular weight excluding hydrogens is 383 g/mol. The molecule has 2 aromatic carbocycles. The summed E-state index contributed by atoms with van der Waals surface area (Å²) in [7, 11) is 1.52. The highest BCUT2D eigenvalue weighted by molar-refractivity contribution is 7.14. The van der Waals surface area contributed by atoms with Crippen LogP contribution < -0.4 is 9.64 Å². The van der Waals surface area contributed by atoms with Gasteiger partial charge in [-0.1, -0.05) is 18.2 Å². The van der Waals surface area contributed by atoms with E-state index in [-0.39, 0.29) is 18.1 Å². The number of hydrogen-bond acceptors (Lipinski definition) is 6. The molecule has 0 radical (unpaired) electrons. The van der Waals surface area contributed by atoms with Crippen LogP contribution in [0.2, 0.25) is 0 Å². The van der Waals surface area contributed by atoms with Gasteiger partial charge in [0.15, 0.2) is 5.13 Å². The van der Waals surface area contributed by atoms with Gasteiger partial charge in [0.1, 0.15) is 18.2 Å². The topological polar surface area (TPSA) is 68.7 Å². The third kappa shape index (κ3) is 4.34. The highest BCUT2D eigenvalue weighted by Gasteiger charge is 2.21. The summed E-state index contributed by atoms with van der Waals surface area (Å²) >= 11 is 1.24. The van der Waals surface area contributed by atoms with Crippen molar-refractivity contribution in [3.05, 3.63) is 71.0 Å². The van der Waals surface area contributed by atoms with Crippen molar-refractivity contribution in [2.75, 3.05) is 12.0 Å². The molecule has 144 valence electrons. The smallest absolute Gasteiger partial charge is 0.338 e. The Kier molecular flexibility index (Phi) is 6.00. The summed E-state index contributed by atoms with van der Waals surface area (Å²) in [5.41, 5.74) is 1.16. The van der Waals surface area contributed by atoms with E-state index < -0.39 is 11.8 Å². The minimum absolute atomic E-state index is 0.0937. The number of methoxy groups -OCH3 is 1. The number of thiazole rings is 1. The molecule has 6 nitrogen and oxygen atoms in total. The van der Waals surface area contributed by atoms with Gasteiger partial charge in [-0.2, -0.15) is 0 Å². The van der Waals surface area contributed by atoms with Gasteiger partial charge in [0.05, 0.1) is 24.1 Å². The molecule has 0 spiro atoms. The van der Waals surface area contributed by atoms with E-state index in [0.717, 1.165) is 6.07 Å². The molecule has 1 aromatic heterocycles. The van der Waals surface area contributed by atoms with Crippen LogP contribution >= 0.6 is 11.3 Å². The number of amides is 1. The normalized spacial score (nSPS) is 10.4. The van der Waals surface area contributed by atoms with E-state index in [2.05, 4.69) is 4.98 Å². The molecule has 0 aliphatic rings. The Hall–Kier alpha value is -3.26. The van der Waals surface area contributed by atoms with E-state index in [9.17, 15) is 14.0 Å². The standard InChI is InChI=1S/C20H17FN2O4S/c1-13(24)23(17-8-3-4-9-18(17)26-2)20-22-16(12-28-20)11-27-19(25)14-6-5-7-15(21)10-14/h3-10,12H,11H2,1-2H3. The first kappa shape index (κ1) is 19.5. The summed E-state index contributed by atoms with van der Waals surface area (Å²) in [5, 5.41) is 2.12. The average Bonchev–Trinajstić information content (AvgIpc) is 3.14. The minimum atomic E-state index is -0.651. The summed E-state index contributed by atoms with van der Waals surface area (Å²) in [6.07, 6.45) is 0. The summed E-state index contributed by atoms with van der Waals surface area (Å²) in [5.74, 6) is -0.865. The van der Waals surface area contributed by atoms with Crippen LogP contribution in [0.25, 0.3) is 0 Å². The number of anilines is 2. The molecular formula is C20H17FN2O4S. The summed E-state index contributed by atoms with van der Waals surface area (Å²) in [4.78, 5) is 30.1. The van der Waals surface area contributed by atoms with Gasteiger partial charge < -0.3 is 9.47 Å². The van der Waals surface area contributed by atoms with Crippen molar-refractivity contribution in [3.8, 4) is 5.75 Å². The number of aromatic nitrogens is 1. The van der Waals surface area contributed by atoms with Gasteiger partial charge in [-0.05, 0) is 30.3 Å². The fourth-order valence-electron chi connectivity index (χ4n) is 2.53. The molecule has 0 aliphatic carbocycles. The van der Waals surface area contributed by atoms with Gasteiger partial charge in [-0.15, -0.1) is 11.3 Å². The SMILES string of the molecule is COc1ccccc1N(C(C)=O)c1nc(COC(=O)c2cccc(F)c2)cs1. The molecule has 8 heteroatoms. The lowest BCUT2D eigenvalue weighted by Gasteiger charge is -2.20. The summed E-state index contributed by atoms with van der Waals surface area (Å²) in [6, 6.07) is 12.4. The second-order valence-electron chi connectivity index (χ2n) is 5.73. The highest BCUT2D eigenvalue weighted by atomic mass is 32.1. The Labute approximate surface area is 165 Å². The van der Waals surface area contributed by atoms with E-state index in [0.29, 0.717) is 22.3 Å². The fourth-order valence-corrected chi connectivity index (χ4v) is 3.39.